The maximum Gasteiger partial charge on any atom is 0.313 e. The van der Waals surface area contributed by atoms with Crippen molar-refractivity contribution in [3.63, 3.8) is 0 Å². The van der Waals surface area contributed by atoms with Crippen LogP contribution < -0.4 is 9.47 Å². The summed E-state index contributed by atoms with van der Waals surface area (Å²) < 4.78 is 25.6. The number of ether oxygens (including phenoxy) is 2. The summed E-state index contributed by atoms with van der Waals surface area (Å²) >= 11 is 0. The summed E-state index contributed by atoms with van der Waals surface area (Å²) in [7, 11) is 0. The quantitative estimate of drug-likeness (QED) is 0.506. The van der Waals surface area contributed by atoms with Crippen molar-refractivity contribution in [2.24, 2.45) is 0 Å². The number of hydrogen-bond donors (Lipinski definition) is 1. The smallest absolute Gasteiger partial charge is 0.313 e. The summed E-state index contributed by atoms with van der Waals surface area (Å²) in [5.41, 5.74) is 3.38. The Balaban J connectivity index is 1.61. The van der Waals surface area contributed by atoms with Crippen LogP contribution in [0.5, 0.6) is 11.5 Å². The fourth-order valence-electron chi connectivity index (χ4n) is 3.96. The topological polar surface area (TPSA) is 55.8 Å². The Kier molecular flexibility index (Phi) is 5.45. The van der Waals surface area contributed by atoms with E-state index in [-0.39, 0.29) is 11.4 Å². The molecule has 166 valence electrons. The summed E-state index contributed by atoms with van der Waals surface area (Å²) in [6.45, 7) is 7.76. The molecule has 5 heteroatoms. The highest BCUT2D eigenvalue weighted by Crippen LogP contribution is 2.41. The number of carbonyl (C=O) groups is 1. The summed E-state index contributed by atoms with van der Waals surface area (Å²) in [4.78, 5) is 11.5. The highest BCUT2D eigenvalue weighted by molar-refractivity contribution is 5.80. The van der Waals surface area contributed by atoms with Crippen molar-refractivity contribution in [2.45, 2.75) is 51.7 Å². The molecule has 0 spiro atoms. The molecule has 4 rings (SSSR count). The highest BCUT2D eigenvalue weighted by Gasteiger charge is 2.33. The van der Waals surface area contributed by atoms with Crippen LogP contribution in [0.2, 0.25) is 0 Å². The third kappa shape index (κ3) is 4.33. The van der Waals surface area contributed by atoms with Crippen LogP contribution in [0, 0.1) is 5.82 Å². The summed E-state index contributed by atoms with van der Waals surface area (Å²) in [5.74, 6) is 0.342. The molecule has 1 aliphatic rings. The van der Waals surface area contributed by atoms with Crippen molar-refractivity contribution in [1.82, 2.24) is 0 Å². The number of halogens is 1. The zero-order valence-electron chi connectivity index (χ0n) is 18.7. The van der Waals surface area contributed by atoms with Crippen LogP contribution in [0.15, 0.2) is 60.7 Å². The molecule has 1 aliphatic heterocycles. The van der Waals surface area contributed by atoms with Crippen molar-refractivity contribution in [1.29, 1.82) is 0 Å². The van der Waals surface area contributed by atoms with Crippen LogP contribution in [-0.2, 0) is 23.2 Å². The summed E-state index contributed by atoms with van der Waals surface area (Å²) in [6.07, 6.45) is 0.781. The molecule has 0 saturated carbocycles. The number of fused-ring (bicyclic) bond motifs is 1. The summed E-state index contributed by atoms with van der Waals surface area (Å²) in [6, 6.07) is 17.7. The molecule has 32 heavy (non-hydrogen) atoms. The minimum absolute atomic E-state index is 0.266. The third-order valence-electron chi connectivity index (χ3n) is 5.92. The predicted octanol–water partition coefficient (Wildman–Crippen LogP) is 6.15. The first-order valence-electron chi connectivity index (χ1n) is 10.6. The van der Waals surface area contributed by atoms with Gasteiger partial charge in [0.25, 0.3) is 0 Å². The van der Waals surface area contributed by atoms with Crippen molar-refractivity contribution in [3.8, 4) is 22.6 Å². The van der Waals surface area contributed by atoms with Gasteiger partial charge < -0.3 is 14.6 Å². The van der Waals surface area contributed by atoms with Crippen molar-refractivity contribution >= 4 is 5.97 Å². The van der Waals surface area contributed by atoms with Gasteiger partial charge in [-0.2, -0.15) is 0 Å². The molecule has 0 unspecified atom stereocenters. The standard InChI is InChI=1S/C27H27FO4/c1-26(2)15-19-13-18(17-5-9-22(28)10-6-17)14-20(24(19)32-26)16-31-23-11-7-21(8-12-23)27(3,4)25(29)30/h5-14H,15-16H2,1-4H3,(H,29,30). The van der Waals surface area contributed by atoms with E-state index in [1.54, 1.807) is 50.2 Å². The van der Waals surface area contributed by atoms with Gasteiger partial charge in [0, 0.05) is 12.0 Å². The van der Waals surface area contributed by atoms with E-state index >= 15 is 0 Å². The lowest BCUT2D eigenvalue weighted by atomic mass is 9.85. The van der Waals surface area contributed by atoms with Gasteiger partial charge in [-0.15, -0.1) is 0 Å². The molecule has 0 atom stereocenters. The second-order valence-corrected chi connectivity index (χ2v) is 9.41. The van der Waals surface area contributed by atoms with E-state index in [0.717, 1.165) is 34.4 Å². The molecule has 4 nitrogen and oxygen atoms in total. The second-order valence-electron chi connectivity index (χ2n) is 9.41. The van der Waals surface area contributed by atoms with Crippen molar-refractivity contribution in [3.05, 3.63) is 83.2 Å². The van der Waals surface area contributed by atoms with Gasteiger partial charge in [0.1, 0.15) is 29.5 Å². The molecule has 0 saturated heterocycles. The average molecular weight is 435 g/mol. The number of aliphatic carboxylic acids is 1. The molecule has 3 aromatic carbocycles. The summed E-state index contributed by atoms with van der Waals surface area (Å²) in [5, 5.41) is 9.42. The van der Waals surface area contributed by atoms with E-state index in [1.165, 1.54) is 12.1 Å². The fourth-order valence-corrected chi connectivity index (χ4v) is 3.96. The zero-order chi connectivity index (χ0) is 23.1. The van der Waals surface area contributed by atoms with Gasteiger partial charge in [0.05, 0.1) is 5.41 Å². The SMILES string of the molecule is CC1(C)Cc2cc(-c3ccc(F)cc3)cc(COc3ccc(C(C)(C)C(=O)O)cc3)c2O1. The van der Waals surface area contributed by atoms with Crippen molar-refractivity contribution in [2.75, 3.05) is 0 Å². The largest absolute Gasteiger partial charge is 0.489 e. The van der Waals surface area contributed by atoms with E-state index in [9.17, 15) is 14.3 Å². The Morgan fingerprint density at radius 3 is 2.34 bits per heavy atom. The molecule has 1 N–H and O–H groups in total. The van der Waals surface area contributed by atoms with Gasteiger partial charge >= 0.3 is 5.97 Å². The zero-order valence-corrected chi connectivity index (χ0v) is 18.7. The Morgan fingerprint density at radius 2 is 1.72 bits per heavy atom. The van der Waals surface area contributed by atoms with Crippen LogP contribution in [0.25, 0.3) is 11.1 Å². The van der Waals surface area contributed by atoms with Gasteiger partial charge in [0.2, 0.25) is 0 Å². The van der Waals surface area contributed by atoms with Crippen LogP contribution in [0.4, 0.5) is 4.39 Å². The van der Waals surface area contributed by atoms with Gasteiger partial charge in [0.15, 0.2) is 0 Å². The Bertz CT molecular complexity index is 1150. The van der Waals surface area contributed by atoms with E-state index < -0.39 is 11.4 Å². The van der Waals surface area contributed by atoms with Crippen LogP contribution in [-0.4, -0.2) is 16.7 Å². The Hall–Kier alpha value is -3.34. The van der Waals surface area contributed by atoms with E-state index in [4.69, 9.17) is 9.47 Å². The first-order valence-corrected chi connectivity index (χ1v) is 10.6. The van der Waals surface area contributed by atoms with Gasteiger partial charge in [-0.25, -0.2) is 4.39 Å². The molecular weight excluding hydrogens is 407 g/mol. The van der Waals surface area contributed by atoms with Gasteiger partial charge in [-0.3, -0.25) is 4.79 Å². The van der Waals surface area contributed by atoms with Crippen LogP contribution in [0.3, 0.4) is 0 Å². The molecule has 0 bridgehead atoms. The van der Waals surface area contributed by atoms with E-state index in [0.29, 0.717) is 17.9 Å². The lowest BCUT2D eigenvalue weighted by Crippen LogP contribution is -2.28. The van der Waals surface area contributed by atoms with E-state index in [1.807, 2.05) is 6.07 Å². The predicted molar refractivity (Wildman–Crippen MR) is 122 cm³/mol. The normalized spacial score (nSPS) is 14.5. The highest BCUT2D eigenvalue weighted by atomic mass is 19.1. The van der Waals surface area contributed by atoms with Crippen molar-refractivity contribution < 1.29 is 23.8 Å². The minimum Gasteiger partial charge on any atom is -0.489 e. The Labute approximate surface area is 187 Å². The number of carboxylic acid groups (broad SMARTS) is 1. The third-order valence-corrected chi connectivity index (χ3v) is 5.92. The Morgan fingerprint density at radius 1 is 1.06 bits per heavy atom. The molecule has 0 amide bonds. The molecule has 0 aliphatic carbocycles. The van der Waals surface area contributed by atoms with Crippen LogP contribution in [0.1, 0.15) is 44.4 Å². The van der Waals surface area contributed by atoms with E-state index in [2.05, 4.69) is 19.9 Å². The molecule has 0 fully saturated rings. The monoisotopic (exact) mass is 434 g/mol. The maximum atomic E-state index is 13.4. The fraction of sp³-hybridized carbons (Fsp3) is 0.296. The molecule has 0 aromatic heterocycles. The lowest BCUT2D eigenvalue weighted by molar-refractivity contribution is -0.142. The maximum absolute atomic E-state index is 13.4. The van der Waals surface area contributed by atoms with Crippen LogP contribution >= 0.6 is 0 Å². The average Bonchev–Trinajstić information content (AvgIpc) is 3.06. The molecule has 1 heterocycles. The number of carboxylic acids is 1. The first kappa shape index (κ1) is 21.9. The second kappa shape index (κ2) is 7.97. The molecule has 3 aromatic rings. The molecular formula is C27H27FO4. The number of benzene rings is 3. The van der Waals surface area contributed by atoms with Gasteiger partial charge in [-0.1, -0.05) is 24.3 Å². The molecule has 0 radical (unpaired) electrons. The van der Waals surface area contributed by atoms with Gasteiger partial charge in [-0.05, 0) is 86.3 Å². The minimum atomic E-state index is -0.970. The lowest BCUT2D eigenvalue weighted by Gasteiger charge is -2.20. The first-order chi connectivity index (χ1) is 15.0. The number of rotatable bonds is 6. The number of hydrogen-bond acceptors (Lipinski definition) is 3.